The minimum atomic E-state index is -1.16. The molecule has 1 fully saturated rings. The van der Waals surface area contributed by atoms with Crippen LogP contribution in [-0.4, -0.2) is 47.4 Å². The summed E-state index contributed by atoms with van der Waals surface area (Å²) in [6.45, 7) is 4.67. The Morgan fingerprint density at radius 2 is 1.96 bits per heavy atom. The predicted octanol–water partition coefficient (Wildman–Crippen LogP) is 1.40. The zero-order valence-corrected chi connectivity index (χ0v) is 14.1. The number of nitrogens with zero attached hydrogens (tertiary/aromatic N) is 1. The molecular formula is C18H24N2O4. The zero-order valence-electron chi connectivity index (χ0n) is 14.1. The van der Waals surface area contributed by atoms with Crippen molar-refractivity contribution in [2.24, 2.45) is 5.92 Å². The number of rotatable bonds is 7. The summed E-state index contributed by atoms with van der Waals surface area (Å²) in [5.41, 5.74) is -0.498. The summed E-state index contributed by atoms with van der Waals surface area (Å²) >= 11 is 0. The number of benzene rings is 1. The van der Waals surface area contributed by atoms with E-state index in [1.807, 2.05) is 13.0 Å². The van der Waals surface area contributed by atoms with E-state index in [1.165, 1.54) is 0 Å². The summed E-state index contributed by atoms with van der Waals surface area (Å²) in [5.74, 6) is -1.65. The van der Waals surface area contributed by atoms with E-state index < -0.39 is 17.3 Å². The topological polar surface area (TPSA) is 86.7 Å². The number of aliphatic carboxylic acids is 1. The lowest BCUT2D eigenvalue weighted by Gasteiger charge is -2.29. The van der Waals surface area contributed by atoms with E-state index >= 15 is 0 Å². The van der Waals surface area contributed by atoms with Crippen molar-refractivity contribution in [2.45, 2.75) is 32.1 Å². The quantitative estimate of drug-likeness (QED) is 0.790. The highest BCUT2D eigenvalue weighted by Crippen LogP contribution is 2.28. The van der Waals surface area contributed by atoms with Gasteiger partial charge >= 0.3 is 5.97 Å². The van der Waals surface area contributed by atoms with E-state index in [4.69, 9.17) is 0 Å². The highest BCUT2D eigenvalue weighted by Gasteiger charge is 2.40. The Bertz CT molecular complexity index is 617. The summed E-state index contributed by atoms with van der Waals surface area (Å²) in [6.07, 6.45) is 0.550. The third kappa shape index (κ3) is 3.42. The molecule has 2 N–H and O–H groups in total. The highest BCUT2D eigenvalue weighted by molar-refractivity contribution is 5.90. The van der Waals surface area contributed by atoms with Gasteiger partial charge in [0.1, 0.15) is 5.41 Å². The molecule has 1 aliphatic heterocycles. The van der Waals surface area contributed by atoms with Crippen molar-refractivity contribution in [1.29, 1.82) is 0 Å². The zero-order chi connectivity index (χ0) is 17.7. The normalized spacial score (nSPS) is 19.8. The van der Waals surface area contributed by atoms with Gasteiger partial charge in [0, 0.05) is 26.1 Å². The number of nitrogens with one attached hydrogen (secondary N) is 1. The van der Waals surface area contributed by atoms with Crippen LogP contribution >= 0.6 is 0 Å². The molecule has 1 aliphatic rings. The van der Waals surface area contributed by atoms with Gasteiger partial charge in [-0.25, -0.2) is 0 Å². The SMILES string of the molecule is CCN1CC(C(=O)NCC(CC)(C(=O)O)c2ccccc2)CC1=O. The number of likely N-dealkylation sites (tertiary alicyclic amines) is 1. The molecule has 6 heteroatoms. The Morgan fingerprint density at radius 1 is 1.29 bits per heavy atom. The van der Waals surface area contributed by atoms with Gasteiger partial charge < -0.3 is 15.3 Å². The van der Waals surface area contributed by atoms with E-state index in [-0.39, 0.29) is 24.8 Å². The fourth-order valence-corrected chi connectivity index (χ4v) is 3.17. The number of carbonyl (C=O) groups excluding carboxylic acids is 2. The van der Waals surface area contributed by atoms with Crippen LogP contribution in [0.15, 0.2) is 30.3 Å². The molecule has 0 radical (unpaired) electrons. The molecule has 0 saturated carbocycles. The van der Waals surface area contributed by atoms with Crippen molar-refractivity contribution in [3.05, 3.63) is 35.9 Å². The molecule has 0 spiro atoms. The van der Waals surface area contributed by atoms with Crippen molar-refractivity contribution in [2.75, 3.05) is 19.6 Å². The largest absolute Gasteiger partial charge is 0.481 e. The van der Waals surface area contributed by atoms with Crippen molar-refractivity contribution in [3.63, 3.8) is 0 Å². The molecule has 6 nitrogen and oxygen atoms in total. The molecular weight excluding hydrogens is 308 g/mol. The molecule has 1 heterocycles. The summed E-state index contributed by atoms with van der Waals surface area (Å²) in [7, 11) is 0. The molecule has 1 aromatic carbocycles. The van der Waals surface area contributed by atoms with E-state index in [1.54, 1.807) is 36.1 Å². The number of hydrogen-bond donors (Lipinski definition) is 2. The number of carboxylic acids is 1. The van der Waals surface area contributed by atoms with Gasteiger partial charge in [-0.05, 0) is 18.9 Å². The van der Waals surface area contributed by atoms with Crippen molar-refractivity contribution in [1.82, 2.24) is 10.2 Å². The maximum Gasteiger partial charge on any atom is 0.315 e. The predicted molar refractivity (Wildman–Crippen MR) is 89.4 cm³/mol. The second kappa shape index (κ2) is 7.47. The molecule has 2 atom stereocenters. The van der Waals surface area contributed by atoms with E-state index in [2.05, 4.69) is 5.32 Å². The van der Waals surface area contributed by atoms with Crippen LogP contribution in [-0.2, 0) is 19.8 Å². The van der Waals surface area contributed by atoms with Gasteiger partial charge in [0.25, 0.3) is 0 Å². The van der Waals surface area contributed by atoms with E-state index in [0.29, 0.717) is 25.1 Å². The second-order valence-electron chi connectivity index (χ2n) is 6.16. The Morgan fingerprint density at radius 3 is 2.46 bits per heavy atom. The van der Waals surface area contributed by atoms with Gasteiger partial charge in [-0.3, -0.25) is 14.4 Å². The highest BCUT2D eigenvalue weighted by atomic mass is 16.4. The fraction of sp³-hybridized carbons (Fsp3) is 0.500. The first-order valence-electron chi connectivity index (χ1n) is 8.29. The average Bonchev–Trinajstić information content (AvgIpc) is 2.97. The van der Waals surface area contributed by atoms with Crippen LogP contribution in [0.5, 0.6) is 0 Å². The van der Waals surface area contributed by atoms with Crippen LogP contribution in [0, 0.1) is 5.92 Å². The average molecular weight is 332 g/mol. The van der Waals surface area contributed by atoms with Crippen molar-refractivity contribution in [3.8, 4) is 0 Å². The molecule has 2 unspecified atom stereocenters. The first-order valence-corrected chi connectivity index (χ1v) is 8.29. The Hall–Kier alpha value is -2.37. The van der Waals surface area contributed by atoms with Crippen LogP contribution in [0.25, 0.3) is 0 Å². The lowest BCUT2D eigenvalue weighted by molar-refractivity contribution is -0.144. The minimum absolute atomic E-state index is 0.0124. The van der Waals surface area contributed by atoms with Gasteiger partial charge in [-0.2, -0.15) is 0 Å². The molecule has 24 heavy (non-hydrogen) atoms. The van der Waals surface area contributed by atoms with Crippen LogP contribution in [0.3, 0.4) is 0 Å². The second-order valence-corrected chi connectivity index (χ2v) is 6.16. The third-order valence-electron chi connectivity index (χ3n) is 4.87. The summed E-state index contributed by atoms with van der Waals surface area (Å²) in [6, 6.07) is 8.94. The van der Waals surface area contributed by atoms with Crippen molar-refractivity contribution < 1.29 is 19.5 Å². The summed E-state index contributed by atoms with van der Waals surface area (Å²) in [5, 5.41) is 12.5. The minimum Gasteiger partial charge on any atom is -0.481 e. The molecule has 2 amide bonds. The Balaban J connectivity index is 2.10. The van der Waals surface area contributed by atoms with E-state index in [9.17, 15) is 19.5 Å². The first-order chi connectivity index (χ1) is 11.4. The fourth-order valence-electron chi connectivity index (χ4n) is 3.17. The molecule has 1 saturated heterocycles. The van der Waals surface area contributed by atoms with Crippen LogP contribution in [0.1, 0.15) is 32.3 Å². The lowest BCUT2D eigenvalue weighted by atomic mass is 9.78. The molecule has 130 valence electrons. The maximum absolute atomic E-state index is 12.4. The molecule has 0 aromatic heterocycles. The van der Waals surface area contributed by atoms with Crippen molar-refractivity contribution >= 4 is 17.8 Å². The number of amides is 2. The third-order valence-corrected chi connectivity index (χ3v) is 4.87. The smallest absolute Gasteiger partial charge is 0.315 e. The van der Waals surface area contributed by atoms with Gasteiger partial charge in [0.15, 0.2) is 0 Å². The first kappa shape index (κ1) is 18.0. The van der Waals surface area contributed by atoms with Crippen LogP contribution in [0.2, 0.25) is 0 Å². The summed E-state index contributed by atoms with van der Waals surface area (Å²) in [4.78, 5) is 37.7. The summed E-state index contributed by atoms with van der Waals surface area (Å²) < 4.78 is 0. The maximum atomic E-state index is 12.4. The number of carbonyl (C=O) groups is 3. The lowest BCUT2D eigenvalue weighted by Crippen LogP contribution is -2.47. The van der Waals surface area contributed by atoms with Crippen LogP contribution < -0.4 is 5.32 Å². The van der Waals surface area contributed by atoms with Gasteiger partial charge in [0.2, 0.25) is 11.8 Å². The molecule has 2 rings (SSSR count). The Labute approximate surface area is 141 Å². The number of carboxylic acid groups (broad SMARTS) is 1. The van der Waals surface area contributed by atoms with Gasteiger partial charge in [-0.15, -0.1) is 0 Å². The van der Waals surface area contributed by atoms with Crippen LogP contribution in [0.4, 0.5) is 0 Å². The number of hydrogen-bond acceptors (Lipinski definition) is 3. The van der Waals surface area contributed by atoms with Gasteiger partial charge in [-0.1, -0.05) is 37.3 Å². The Kier molecular flexibility index (Phi) is 5.59. The molecule has 1 aromatic rings. The molecule has 0 aliphatic carbocycles. The monoisotopic (exact) mass is 332 g/mol. The molecule has 0 bridgehead atoms. The standard InChI is InChI=1S/C18H24N2O4/c1-3-18(17(23)24,14-8-6-5-7-9-14)12-19-16(22)13-10-15(21)20(4-2)11-13/h5-9,13H,3-4,10-12H2,1-2H3,(H,19,22)(H,23,24). The van der Waals surface area contributed by atoms with E-state index in [0.717, 1.165) is 0 Å². The van der Waals surface area contributed by atoms with Gasteiger partial charge in [0.05, 0.1) is 5.92 Å².